The molecule has 0 aliphatic carbocycles. The van der Waals surface area contributed by atoms with Gasteiger partial charge in [0, 0.05) is 6.54 Å². The number of benzene rings is 2. The van der Waals surface area contributed by atoms with Gasteiger partial charge in [0.1, 0.15) is 5.82 Å². The number of hydrogen-bond acceptors (Lipinski definition) is 2. The van der Waals surface area contributed by atoms with Crippen LogP contribution in [0.25, 0.3) is 11.0 Å². The third kappa shape index (κ3) is 3.85. The number of hydrogen-bond donors (Lipinski definition) is 0. The molecule has 1 aliphatic rings. The first-order valence-corrected chi connectivity index (χ1v) is 11.2. The highest BCUT2D eigenvalue weighted by molar-refractivity contribution is 5.76. The lowest BCUT2D eigenvalue weighted by molar-refractivity contribution is 0.208. The third-order valence-electron chi connectivity index (χ3n) is 7.08. The number of rotatable bonds is 4. The highest BCUT2D eigenvalue weighted by Gasteiger charge is 2.24. The molecule has 0 bridgehead atoms. The maximum atomic E-state index is 5.14. The van der Waals surface area contributed by atoms with Gasteiger partial charge in [0.2, 0.25) is 0 Å². The van der Waals surface area contributed by atoms with Crippen LogP contribution in [0.3, 0.4) is 0 Å². The van der Waals surface area contributed by atoms with Gasteiger partial charge >= 0.3 is 0 Å². The van der Waals surface area contributed by atoms with Crippen LogP contribution in [0.15, 0.2) is 30.3 Å². The molecule has 1 unspecified atom stereocenters. The third-order valence-corrected chi connectivity index (χ3v) is 7.08. The predicted octanol–water partition coefficient (Wildman–Crippen LogP) is 6.26. The van der Waals surface area contributed by atoms with Crippen LogP contribution in [0.4, 0.5) is 0 Å². The molecule has 0 spiro atoms. The summed E-state index contributed by atoms with van der Waals surface area (Å²) in [5, 5.41) is 0. The van der Waals surface area contributed by atoms with E-state index in [0.29, 0.717) is 6.04 Å². The molecule has 2 heterocycles. The molecule has 3 nitrogen and oxygen atoms in total. The fourth-order valence-corrected chi connectivity index (χ4v) is 4.92. The molecule has 2 aromatic carbocycles. The topological polar surface area (TPSA) is 21.1 Å². The first-order chi connectivity index (χ1) is 14.0. The van der Waals surface area contributed by atoms with Crippen molar-refractivity contribution in [1.82, 2.24) is 14.5 Å². The molecule has 0 N–H and O–H groups in total. The Labute approximate surface area is 175 Å². The summed E-state index contributed by atoms with van der Waals surface area (Å²) < 4.78 is 2.49. The summed E-state index contributed by atoms with van der Waals surface area (Å²) in [6, 6.07) is 11.3. The van der Waals surface area contributed by atoms with Crippen molar-refractivity contribution in [2.24, 2.45) is 0 Å². The van der Waals surface area contributed by atoms with E-state index >= 15 is 0 Å². The Bertz CT molecular complexity index is 980. The summed E-state index contributed by atoms with van der Waals surface area (Å²) in [5.74, 6) is 1.21. The molecule has 1 saturated heterocycles. The van der Waals surface area contributed by atoms with Crippen molar-refractivity contribution < 1.29 is 0 Å². The van der Waals surface area contributed by atoms with Crippen LogP contribution in [-0.4, -0.2) is 27.5 Å². The van der Waals surface area contributed by atoms with Crippen LogP contribution < -0.4 is 0 Å². The molecular weight excluding hydrogens is 354 g/mol. The number of para-hydroxylation sites is 2. The highest BCUT2D eigenvalue weighted by Crippen LogP contribution is 2.30. The molecule has 3 aromatic rings. The molecule has 3 heteroatoms. The van der Waals surface area contributed by atoms with Crippen molar-refractivity contribution in [2.45, 2.75) is 72.9 Å². The van der Waals surface area contributed by atoms with Gasteiger partial charge in [-0.05, 0) is 100 Å². The zero-order valence-electron chi connectivity index (χ0n) is 18.8. The average Bonchev–Trinajstić information content (AvgIpc) is 2.88. The minimum atomic E-state index is 0.340. The van der Waals surface area contributed by atoms with Crippen molar-refractivity contribution in [1.29, 1.82) is 0 Å². The summed E-state index contributed by atoms with van der Waals surface area (Å²) >= 11 is 0. The van der Waals surface area contributed by atoms with Crippen molar-refractivity contribution in [2.75, 3.05) is 13.1 Å². The van der Waals surface area contributed by atoms with Gasteiger partial charge in [-0.15, -0.1) is 0 Å². The Hall–Kier alpha value is -2.13. The highest BCUT2D eigenvalue weighted by atomic mass is 15.2. The van der Waals surface area contributed by atoms with E-state index in [1.807, 2.05) is 0 Å². The molecule has 1 aliphatic heterocycles. The van der Waals surface area contributed by atoms with Crippen molar-refractivity contribution >= 4 is 11.0 Å². The van der Waals surface area contributed by atoms with Gasteiger partial charge in [-0.3, -0.25) is 4.90 Å². The maximum absolute atomic E-state index is 5.14. The second-order valence-electron chi connectivity index (χ2n) is 8.91. The van der Waals surface area contributed by atoms with Crippen molar-refractivity contribution in [3.05, 3.63) is 64.0 Å². The molecule has 1 fully saturated rings. The Kier molecular flexibility index (Phi) is 5.78. The van der Waals surface area contributed by atoms with E-state index in [0.717, 1.165) is 12.1 Å². The normalized spacial score (nSPS) is 16.9. The number of nitrogens with zero attached hydrogens (tertiary/aromatic N) is 3. The fourth-order valence-electron chi connectivity index (χ4n) is 4.92. The molecule has 0 radical (unpaired) electrons. The second kappa shape index (κ2) is 8.31. The fraction of sp³-hybridized carbons (Fsp3) is 0.500. The van der Waals surface area contributed by atoms with Crippen molar-refractivity contribution in [3.63, 3.8) is 0 Å². The predicted molar refractivity (Wildman–Crippen MR) is 123 cm³/mol. The molecular formula is C26H35N3. The van der Waals surface area contributed by atoms with E-state index in [1.165, 1.54) is 77.9 Å². The molecule has 154 valence electrons. The standard InChI is InChI=1S/C26H35N3/c1-18-16-19(2)21(4)23(20(18)3)17-29-25-13-9-8-12-24(25)27-26(29)22(5)28-14-10-6-7-11-15-28/h8-9,12-13,16,22H,6-7,10-11,14-15,17H2,1-5H3. The van der Waals surface area contributed by atoms with Gasteiger partial charge in [0.25, 0.3) is 0 Å². The van der Waals surface area contributed by atoms with Gasteiger partial charge in [-0.1, -0.05) is 31.0 Å². The Morgan fingerprint density at radius 2 is 1.52 bits per heavy atom. The SMILES string of the molecule is Cc1cc(C)c(C)c(Cn2c(C(C)N3CCCCCC3)nc3ccccc32)c1C. The quantitative estimate of drug-likeness (QED) is 0.525. The first-order valence-electron chi connectivity index (χ1n) is 11.2. The van der Waals surface area contributed by atoms with Crippen molar-refractivity contribution in [3.8, 4) is 0 Å². The lowest BCUT2D eigenvalue weighted by Gasteiger charge is -2.28. The van der Waals surface area contributed by atoms with E-state index in [9.17, 15) is 0 Å². The zero-order valence-corrected chi connectivity index (χ0v) is 18.8. The van der Waals surface area contributed by atoms with E-state index in [1.54, 1.807) is 0 Å². The average molecular weight is 390 g/mol. The smallest absolute Gasteiger partial charge is 0.127 e. The first kappa shape index (κ1) is 20.2. The van der Waals surface area contributed by atoms with E-state index in [2.05, 4.69) is 74.4 Å². The van der Waals surface area contributed by atoms with Gasteiger partial charge < -0.3 is 4.57 Å². The Balaban J connectivity index is 1.81. The summed E-state index contributed by atoms with van der Waals surface area (Å²) in [5.41, 5.74) is 9.42. The van der Waals surface area contributed by atoms with Crippen LogP contribution >= 0.6 is 0 Å². The minimum absolute atomic E-state index is 0.340. The summed E-state index contributed by atoms with van der Waals surface area (Å²) in [4.78, 5) is 7.78. The molecule has 4 rings (SSSR count). The van der Waals surface area contributed by atoms with Crippen LogP contribution in [0.5, 0.6) is 0 Å². The van der Waals surface area contributed by atoms with Gasteiger partial charge in [-0.25, -0.2) is 4.98 Å². The maximum Gasteiger partial charge on any atom is 0.127 e. The van der Waals surface area contributed by atoms with E-state index in [4.69, 9.17) is 4.98 Å². The van der Waals surface area contributed by atoms with Gasteiger partial charge in [0.15, 0.2) is 0 Å². The molecule has 29 heavy (non-hydrogen) atoms. The number of aryl methyl sites for hydroxylation is 2. The molecule has 0 saturated carbocycles. The van der Waals surface area contributed by atoms with Gasteiger partial charge in [0.05, 0.1) is 17.1 Å². The Morgan fingerprint density at radius 3 is 2.17 bits per heavy atom. The lowest BCUT2D eigenvalue weighted by Crippen LogP contribution is -2.30. The van der Waals surface area contributed by atoms with Gasteiger partial charge in [-0.2, -0.15) is 0 Å². The molecule has 1 atom stereocenters. The minimum Gasteiger partial charge on any atom is -0.322 e. The summed E-state index contributed by atoms with van der Waals surface area (Å²) in [6.45, 7) is 14.6. The number of aromatic nitrogens is 2. The lowest BCUT2D eigenvalue weighted by atomic mass is 9.94. The van der Waals surface area contributed by atoms with Crippen LogP contribution in [0, 0.1) is 27.7 Å². The number of likely N-dealkylation sites (tertiary alicyclic amines) is 1. The zero-order chi connectivity index (χ0) is 20.5. The number of fused-ring (bicyclic) bond motifs is 1. The number of imidazole rings is 1. The largest absolute Gasteiger partial charge is 0.322 e. The van der Waals surface area contributed by atoms with E-state index < -0.39 is 0 Å². The molecule has 1 aromatic heterocycles. The van der Waals surface area contributed by atoms with Crippen LogP contribution in [0.2, 0.25) is 0 Å². The molecule has 0 amide bonds. The van der Waals surface area contributed by atoms with Crippen LogP contribution in [0.1, 0.15) is 72.3 Å². The summed E-state index contributed by atoms with van der Waals surface area (Å²) in [7, 11) is 0. The monoisotopic (exact) mass is 389 g/mol. The van der Waals surface area contributed by atoms with Crippen LogP contribution in [-0.2, 0) is 6.54 Å². The second-order valence-corrected chi connectivity index (χ2v) is 8.91. The van der Waals surface area contributed by atoms with E-state index in [-0.39, 0.29) is 0 Å². The summed E-state index contributed by atoms with van der Waals surface area (Å²) in [6.07, 6.45) is 5.33. The Morgan fingerprint density at radius 1 is 0.897 bits per heavy atom.